The summed E-state index contributed by atoms with van der Waals surface area (Å²) in [5.41, 5.74) is 19.9. The van der Waals surface area contributed by atoms with Crippen LogP contribution in [0.15, 0.2) is 71.7 Å². The summed E-state index contributed by atoms with van der Waals surface area (Å²) in [7, 11) is 0. The zero-order valence-corrected chi connectivity index (χ0v) is 19.7. The largest absolute Gasteiger partial charge is 0.370 e. The number of guanidine groups is 1. The number of benzene rings is 3. The summed E-state index contributed by atoms with van der Waals surface area (Å²) in [4.78, 5) is 4.23. The molecular weight excluding hydrogens is 378 g/mol. The van der Waals surface area contributed by atoms with Crippen LogP contribution in [0.2, 0.25) is 0 Å². The average molecular weight is 414 g/mol. The van der Waals surface area contributed by atoms with E-state index in [2.05, 4.69) is 113 Å². The Morgan fingerprint density at radius 3 is 1.32 bits per heavy atom. The second kappa shape index (κ2) is 8.58. The highest BCUT2D eigenvalue weighted by Gasteiger charge is 2.15. The normalized spacial score (nSPS) is 11.9. The van der Waals surface area contributed by atoms with Gasteiger partial charge < -0.3 is 11.5 Å². The maximum atomic E-state index is 5.58. The van der Waals surface area contributed by atoms with Gasteiger partial charge in [0.2, 0.25) is 0 Å². The van der Waals surface area contributed by atoms with Crippen LogP contribution >= 0.6 is 0 Å². The molecular formula is C28H35N3. The molecule has 0 amide bonds. The van der Waals surface area contributed by atoms with Crippen LogP contribution in [0.4, 0.5) is 0 Å². The van der Waals surface area contributed by atoms with Crippen molar-refractivity contribution in [2.75, 3.05) is 0 Å². The first-order valence-electron chi connectivity index (χ1n) is 10.8. The van der Waals surface area contributed by atoms with Gasteiger partial charge in [0.15, 0.2) is 5.96 Å². The lowest BCUT2D eigenvalue weighted by atomic mass is 9.85. The predicted molar refractivity (Wildman–Crippen MR) is 134 cm³/mol. The fourth-order valence-electron chi connectivity index (χ4n) is 3.62. The highest BCUT2D eigenvalue weighted by molar-refractivity contribution is 5.77. The molecule has 0 aliphatic rings. The molecule has 0 unspecified atom stereocenters. The topological polar surface area (TPSA) is 64.4 Å². The number of hydrogen-bond donors (Lipinski definition) is 2. The molecule has 3 aromatic carbocycles. The second-order valence-corrected chi connectivity index (χ2v) is 10.3. The van der Waals surface area contributed by atoms with Gasteiger partial charge in [-0.3, -0.25) is 0 Å². The van der Waals surface area contributed by atoms with Crippen molar-refractivity contribution in [2.45, 2.75) is 58.9 Å². The van der Waals surface area contributed by atoms with E-state index in [-0.39, 0.29) is 16.8 Å². The molecule has 31 heavy (non-hydrogen) atoms. The van der Waals surface area contributed by atoms with E-state index in [1.807, 2.05) is 0 Å². The lowest BCUT2D eigenvalue weighted by molar-refractivity contribution is 0.590. The van der Waals surface area contributed by atoms with Gasteiger partial charge in [-0.25, -0.2) is 4.99 Å². The molecule has 0 aromatic heterocycles. The van der Waals surface area contributed by atoms with Crippen LogP contribution in [0.3, 0.4) is 0 Å². The van der Waals surface area contributed by atoms with Crippen molar-refractivity contribution < 1.29 is 0 Å². The SMILES string of the molecule is CC(C)(C)c1ccc(-c2cc(CN=C(N)N)cc(-c3ccc(C(C)(C)C)cc3)c2)cc1. The van der Waals surface area contributed by atoms with E-state index in [1.165, 1.54) is 33.4 Å². The molecule has 3 heteroatoms. The van der Waals surface area contributed by atoms with Gasteiger partial charge in [0.25, 0.3) is 0 Å². The Bertz CT molecular complexity index is 981. The highest BCUT2D eigenvalue weighted by Crippen LogP contribution is 2.32. The van der Waals surface area contributed by atoms with Gasteiger partial charge >= 0.3 is 0 Å². The van der Waals surface area contributed by atoms with Crippen LogP contribution in [0.1, 0.15) is 58.2 Å². The first kappa shape index (κ1) is 22.6. The van der Waals surface area contributed by atoms with E-state index < -0.39 is 0 Å². The van der Waals surface area contributed by atoms with E-state index >= 15 is 0 Å². The maximum Gasteiger partial charge on any atom is 0.186 e. The molecule has 3 nitrogen and oxygen atoms in total. The van der Waals surface area contributed by atoms with E-state index in [9.17, 15) is 0 Å². The number of nitrogens with two attached hydrogens (primary N) is 2. The summed E-state index contributed by atoms with van der Waals surface area (Å²) in [6, 6.07) is 24.3. The Morgan fingerprint density at radius 1 is 0.613 bits per heavy atom. The zero-order valence-electron chi connectivity index (χ0n) is 19.7. The Labute approximate surface area is 187 Å². The van der Waals surface area contributed by atoms with Gasteiger partial charge in [-0.05, 0) is 68.0 Å². The van der Waals surface area contributed by atoms with E-state index in [0.717, 1.165) is 5.56 Å². The molecule has 0 bridgehead atoms. The molecule has 3 rings (SSSR count). The minimum Gasteiger partial charge on any atom is -0.370 e. The third kappa shape index (κ3) is 5.75. The maximum absolute atomic E-state index is 5.58. The molecule has 0 saturated heterocycles. The van der Waals surface area contributed by atoms with Gasteiger partial charge in [-0.15, -0.1) is 0 Å². The van der Waals surface area contributed by atoms with Crippen LogP contribution < -0.4 is 11.5 Å². The van der Waals surface area contributed by atoms with Crippen molar-refractivity contribution in [2.24, 2.45) is 16.5 Å². The minimum atomic E-state index is 0.107. The highest BCUT2D eigenvalue weighted by atomic mass is 15.0. The molecule has 0 fully saturated rings. The fourth-order valence-corrected chi connectivity index (χ4v) is 3.62. The standard InChI is InChI=1S/C28H35N3/c1-27(2,3)24-11-7-20(8-12-24)22-15-19(18-31-26(29)30)16-23(17-22)21-9-13-25(14-10-21)28(4,5)6/h7-17H,18H2,1-6H3,(H4,29,30,31). The lowest BCUT2D eigenvalue weighted by Gasteiger charge is -2.20. The monoisotopic (exact) mass is 413 g/mol. The summed E-state index contributed by atoms with van der Waals surface area (Å²) in [6.45, 7) is 13.9. The van der Waals surface area contributed by atoms with Crippen LogP contribution in [-0.4, -0.2) is 5.96 Å². The molecule has 0 atom stereocenters. The third-order valence-electron chi connectivity index (χ3n) is 5.61. The fraction of sp³-hybridized carbons (Fsp3) is 0.321. The minimum absolute atomic E-state index is 0.107. The lowest BCUT2D eigenvalue weighted by Crippen LogP contribution is -2.22. The summed E-state index contributed by atoms with van der Waals surface area (Å²) in [5.74, 6) is 0.107. The molecule has 0 aliphatic heterocycles. The summed E-state index contributed by atoms with van der Waals surface area (Å²) >= 11 is 0. The van der Waals surface area contributed by atoms with Crippen molar-refractivity contribution in [3.63, 3.8) is 0 Å². The van der Waals surface area contributed by atoms with Gasteiger partial charge in [-0.1, -0.05) is 90.1 Å². The smallest absolute Gasteiger partial charge is 0.186 e. The van der Waals surface area contributed by atoms with Crippen molar-refractivity contribution in [3.05, 3.63) is 83.4 Å². The summed E-state index contributed by atoms with van der Waals surface area (Å²) in [6.07, 6.45) is 0. The van der Waals surface area contributed by atoms with E-state index in [0.29, 0.717) is 6.54 Å². The Balaban J connectivity index is 2.05. The molecule has 0 radical (unpaired) electrons. The van der Waals surface area contributed by atoms with Gasteiger partial charge in [-0.2, -0.15) is 0 Å². The zero-order chi connectivity index (χ0) is 22.8. The molecule has 3 aromatic rings. The quantitative estimate of drug-likeness (QED) is 0.384. The van der Waals surface area contributed by atoms with E-state index in [4.69, 9.17) is 11.5 Å². The predicted octanol–water partition coefficient (Wildman–Crippen LogP) is 6.39. The number of nitrogens with zero attached hydrogens (tertiary/aromatic N) is 1. The van der Waals surface area contributed by atoms with Crippen LogP contribution in [0, 0.1) is 0 Å². The van der Waals surface area contributed by atoms with Crippen molar-refractivity contribution in [1.82, 2.24) is 0 Å². The number of aliphatic imine (C=N–C) groups is 1. The van der Waals surface area contributed by atoms with Crippen molar-refractivity contribution in [1.29, 1.82) is 0 Å². The average Bonchev–Trinajstić information content (AvgIpc) is 2.71. The Morgan fingerprint density at radius 2 is 1.00 bits per heavy atom. The van der Waals surface area contributed by atoms with Gasteiger partial charge in [0, 0.05) is 0 Å². The van der Waals surface area contributed by atoms with Crippen LogP contribution in [0.5, 0.6) is 0 Å². The second-order valence-electron chi connectivity index (χ2n) is 10.3. The van der Waals surface area contributed by atoms with Crippen molar-refractivity contribution in [3.8, 4) is 22.3 Å². The number of hydrogen-bond acceptors (Lipinski definition) is 1. The first-order chi connectivity index (χ1) is 14.4. The Kier molecular flexibility index (Phi) is 6.26. The van der Waals surface area contributed by atoms with Crippen LogP contribution in [-0.2, 0) is 17.4 Å². The molecule has 0 saturated carbocycles. The van der Waals surface area contributed by atoms with E-state index in [1.54, 1.807) is 0 Å². The van der Waals surface area contributed by atoms with Crippen LogP contribution in [0.25, 0.3) is 22.3 Å². The molecule has 0 heterocycles. The van der Waals surface area contributed by atoms with Gasteiger partial charge in [0.05, 0.1) is 6.54 Å². The third-order valence-corrected chi connectivity index (χ3v) is 5.61. The summed E-state index contributed by atoms with van der Waals surface area (Å²) in [5, 5.41) is 0. The molecule has 4 N–H and O–H groups in total. The molecule has 0 aliphatic carbocycles. The number of rotatable bonds is 4. The molecule has 0 spiro atoms. The first-order valence-corrected chi connectivity index (χ1v) is 10.8. The van der Waals surface area contributed by atoms with Crippen molar-refractivity contribution >= 4 is 5.96 Å². The van der Waals surface area contributed by atoms with Gasteiger partial charge in [0.1, 0.15) is 0 Å². The Hall–Kier alpha value is -3.07. The molecule has 162 valence electrons. The summed E-state index contributed by atoms with van der Waals surface area (Å²) < 4.78 is 0.